The standard InChI is InChI=1S/C26H36N4O2/c1-28-19-24(31)29-16-9-4-10-17-30-18-15-23(20-30)26(25(27)32,21-11-5-2-6-12-21)22-13-7-3-8-14-22/h2-3,5-8,11-14,23,28H,4,9-10,15-20H2,1H3,(H2,27,32)(H,29,31). The SMILES string of the molecule is CNCC(=O)NCCCCCN1CCC(C(C(N)=O)(c2ccccc2)c2ccccc2)C1. The summed E-state index contributed by atoms with van der Waals surface area (Å²) in [5.41, 5.74) is 7.29. The molecule has 1 aliphatic heterocycles. The van der Waals surface area contributed by atoms with Gasteiger partial charge in [-0.3, -0.25) is 9.59 Å². The zero-order valence-corrected chi connectivity index (χ0v) is 19.1. The van der Waals surface area contributed by atoms with Crippen LogP contribution in [0, 0.1) is 5.92 Å². The topological polar surface area (TPSA) is 87.5 Å². The van der Waals surface area contributed by atoms with E-state index in [1.54, 1.807) is 7.05 Å². The van der Waals surface area contributed by atoms with Crippen LogP contribution in [0.3, 0.4) is 0 Å². The van der Waals surface area contributed by atoms with Gasteiger partial charge < -0.3 is 21.3 Å². The van der Waals surface area contributed by atoms with E-state index in [1.165, 1.54) is 0 Å². The van der Waals surface area contributed by atoms with Crippen LogP contribution in [-0.2, 0) is 15.0 Å². The van der Waals surface area contributed by atoms with Gasteiger partial charge in [0.1, 0.15) is 5.41 Å². The summed E-state index contributed by atoms with van der Waals surface area (Å²) in [4.78, 5) is 27.1. The van der Waals surface area contributed by atoms with Crippen LogP contribution < -0.4 is 16.4 Å². The predicted octanol–water partition coefficient (Wildman–Crippen LogP) is 2.29. The molecule has 2 aromatic rings. The van der Waals surface area contributed by atoms with E-state index in [0.717, 1.165) is 63.0 Å². The van der Waals surface area contributed by atoms with E-state index in [2.05, 4.69) is 15.5 Å². The second-order valence-electron chi connectivity index (χ2n) is 8.63. The van der Waals surface area contributed by atoms with Gasteiger partial charge in [0.25, 0.3) is 0 Å². The molecule has 32 heavy (non-hydrogen) atoms. The summed E-state index contributed by atoms with van der Waals surface area (Å²) in [6, 6.07) is 20.0. The first-order valence-corrected chi connectivity index (χ1v) is 11.6. The Morgan fingerprint density at radius 1 is 1.00 bits per heavy atom. The quantitative estimate of drug-likeness (QED) is 0.446. The number of nitrogens with zero attached hydrogens (tertiary/aromatic N) is 1. The number of carbonyl (C=O) groups is 2. The molecule has 4 N–H and O–H groups in total. The van der Waals surface area contributed by atoms with Crippen molar-refractivity contribution in [3.8, 4) is 0 Å². The molecule has 1 fully saturated rings. The predicted molar refractivity (Wildman–Crippen MR) is 128 cm³/mol. The lowest BCUT2D eigenvalue weighted by Crippen LogP contribution is -2.49. The maximum atomic E-state index is 13.1. The highest BCUT2D eigenvalue weighted by molar-refractivity contribution is 5.91. The zero-order chi connectivity index (χ0) is 22.8. The maximum Gasteiger partial charge on any atom is 0.233 e. The second kappa shape index (κ2) is 11.8. The Kier molecular flexibility index (Phi) is 8.82. The first-order valence-electron chi connectivity index (χ1n) is 11.6. The number of unbranched alkanes of at least 4 members (excludes halogenated alkanes) is 2. The number of hydrogen-bond acceptors (Lipinski definition) is 4. The Labute approximate surface area is 191 Å². The molecule has 2 amide bonds. The fourth-order valence-electron chi connectivity index (χ4n) is 5.00. The third-order valence-electron chi connectivity index (χ3n) is 6.54. The molecule has 1 unspecified atom stereocenters. The summed E-state index contributed by atoms with van der Waals surface area (Å²) in [5, 5.41) is 5.77. The highest BCUT2D eigenvalue weighted by Gasteiger charge is 2.49. The fraction of sp³-hybridized carbons (Fsp3) is 0.462. The minimum atomic E-state index is -0.825. The summed E-state index contributed by atoms with van der Waals surface area (Å²) in [6.45, 7) is 3.90. The van der Waals surface area contributed by atoms with E-state index >= 15 is 0 Å². The van der Waals surface area contributed by atoms with Crippen molar-refractivity contribution in [2.75, 3.05) is 39.8 Å². The van der Waals surface area contributed by atoms with Gasteiger partial charge in [-0.2, -0.15) is 0 Å². The number of benzene rings is 2. The summed E-state index contributed by atoms with van der Waals surface area (Å²) in [7, 11) is 1.77. The van der Waals surface area contributed by atoms with Crippen molar-refractivity contribution in [3.05, 3.63) is 71.8 Å². The number of rotatable bonds is 12. The number of hydrogen-bond donors (Lipinski definition) is 3. The molecule has 1 saturated heterocycles. The van der Waals surface area contributed by atoms with Crippen molar-refractivity contribution >= 4 is 11.8 Å². The molecular weight excluding hydrogens is 400 g/mol. The average molecular weight is 437 g/mol. The van der Waals surface area contributed by atoms with Gasteiger partial charge in [-0.15, -0.1) is 0 Å². The zero-order valence-electron chi connectivity index (χ0n) is 19.1. The van der Waals surface area contributed by atoms with Crippen molar-refractivity contribution < 1.29 is 9.59 Å². The highest BCUT2D eigenvalue weighted by Crippen LogP contribution is 2.43. The average Bonchev–Trinajstić information content (AvgIpc) is 3.27. The number of carbonyl (C=O) groups excluding carboxylic acids is 2. The van der Waals surface area contributed by atoms with Crippen LogP contribution in [0.5, 0.6) is 0 Å². The van der Waals surface area contributed by atoms with E-state index < -0.39 is 5.41 Å². The van der Waals surface area contributed by atoms with Crippen molar-refractivity contribution in [2.24, 2.45) is 11.7 Å². The first-order chi connectivity index (χ1) is 15.6. The van der Waals surface area contributed by atoms with Gasteiger partial charge in [-0.25, -0.2) is 0 Å². The number of likely N-dealkylation sites (tertiary alicyclic amines) is 1. The maximum absolute atomic E-state index is 13.1. The van der Waals surface area contributed by atoms with Gasteiger partial charge in [-0.1, -0.05) is 67.1 Å². The van der Waals surface area contributed by atoms with Gasteiger partial charge in [0.15, 0.2) is 0 Å². The van der Waals surface area contributed by atoms with E-state index in [-0.39, 0.29) is 17.7 Å². The molecule has 1 aliphatic rings. The molecule has 0 aliphatic carbocycles. The lowest BCUT2D eigenvalue weighted by Gasteiger charge is -2.37. The molecule has 1 heterocycles. The van der Waals surface area contributed by atoms with Crippen LogP contribution >= 0.6 is 0 Å². The van der Waals surface area contributed by atoms with Gasteiger partial charge in [0.05, 0.1) is 6.54 Å². The molecule has 0 radical (unpaired) electrons. The third-order valence-corrected chi connectivity index (χ3v) is 6.54. The summed E-state index contributed by atoms with van der Waals surface area (Å²) in [6.07, 6.45) is 4.06. The van der Waals surface area contributed by atoms with Gasteiger partial charge in [-0.05, 0) is 56.4 Å². The van der Waals surface area contributed by atoms with Gasteiger partial charge in [0, 0.05) is 13.1 Å². The van der Waals surface area contributed by atoms with Crippen molar-refractivity contribution in [1.29, 1.82) is 0 Å². The highest BCUT2D eigenvalue weighted by atomic mass is 16.2. The summed E-state index contributed by atoms with van der Waals surface area (Å²) < 4.78 is 0. The molecule has 6 heteroatoms. The van der Waals surface area contributed by atoms with Crippen molar-refractivity contribution in [3.63, 3.8) is 0 Å². The Morgan fingerprint density at radius 2 is 1.62 bits per heavy atom. The normalized spacial score (nSPS) is 16.7. The third kappa shape index (κ3) is 5.56. The number of nitrogens with one attached hydrogen (secondary N) is 2. The van der Waals surface area contributed by atoms with Gasteiger partial charge in [0.2, 0.25) is 11.8 Å². The van der Waals surface area contributed by atoms with Crippen molar-refractivity contribution in [1.82, 2.24) is 15.5 Å². The molecule has 172 valence electrons. The first kappa shape index (κ1) is 24.0. The van der Waals surface area contributed by atoms with Crippen LogP contribution in [0.2, 0.25) is 0 Å². The minimum absolute atomic E-state index is 0.0412. The van der Waals surface area contributed by atoms with E-state index in [0.29, 0.717) is 6.54 Å². The van der Waals surface area contributed by atoms with E-state index in [9.17, 15) is 9.59 Å². The minimum Gasteiger partial charge on any atom is -0.369 e. The Balaban J connectivity index is 1.63. The number of nitrogens with two attached hydrogens (primary N) is 1. The van der Waals surface area contributed by atoms with Gasteiger partial charge >= 0.3 is 0 Å². The monoisotopic (exact) mass is 436 g/mol. The molecule has 0 bridgehead atoms. The van der Waals surface area contributed by atoms with Crippen LogP contribution in [0.4, 0.5) is 0 Å². The number of amides is 2. The smallest absolute Gasteiger partial charge is 0.233 e. The Morgan fingerprint density at radius 3 is 2.19 bits per heavy atom. The molecule has 0 spiro atoms. The van der Waals surface area contributed by atoms with Crippen LogP contribution in [0.15, 0.2) is 60.7 Å². The molecule has 2 aromatic carbocycles. The summed E-state index contributed by atoms with van der Waals surface area (Å²) in [5.74, 6) is -0.107. The van der Waals surface area contributed by atoms with E-state index in [1.807, 2.05) is 60.7 Å². The van der Waals surface area contributed by atoms with Crippen LogP contribution in [-0.4, -0.2) is 56.5 Å². The molecule has 3 rings (SSSR count). The molecular formula is C26H36N4O2. The van der Waals surface area contributed by atoms with Crippen LogP contribution in [0.25, 0.3) is 0 Å². The lowest BCUT2D eigenvalue weighted by atomic mass is 9.64. The Hall–Kier alpha value is -2.70. The molecule has 0 aromatic heterocycles. The lowest BCUT2D eigenvalue weighted by molar-refractivity contribution is -0.124. The second-order valence-corrected chi connectivity index (χ2v) is 8.63. The molecule has 6 nitrogen and oxygen atoms in total. The molecule has 1 atom stereocenters. The number of likely N-dealkylation sites (N-methyl/N-ethyl adjacent to an activating group) is 1. The number of primary amides is 1. The Bertz CT molecular complexity index is 817. The molecule has 0 saturated carbocycles. The fourth-order valence-corrected chi connectivity index (χ4v) is 5.00. The van der Waals surface area contributed by atoms with Crippen LogP contribution in [0.1, 0.15) is 36.8 Å². The largest absolute Gasteiger partial charge is 0.369 e. The summed E-state index contributed by atoms with van der Waals surface area (Å²) >= 11 is 0. The van der Waals surface area contributed by atoms with E-state index in [4.69, 9.17) is 5.73 Å². The van der Waals surface area contributed by atoms with Crippen molar-refractivity contribution in [2.45, 2.75) is 31.1 Å².